The summed E-state index contributed by atoms with van der Waals surface area (Å²) in [4.78, 5) is 23.8. The quantitative estimate of drug-likeness (QED) is 0.698. The molecule has 0 saturated carbocycles. The van der Waals surface area contributed by atoms with Crippen LogP contribution in [0.25, 0.3) is 0 Å². The van der Waals surface area contributed by atoms with Gasteiger partial charge < -0.3 is 14.8 Å². The Morgan fingerprint density at radius 2 is 2.00 bits per heavy atom. The highest BCUT2D eigenvalue weighted by molar-refractivity contribution is 6.32. The van der Waals surface area contributed by atoms with Crippen LogP contribution in [0.5, 0.6) is 5.75 Å². The first-order chi connectivity index (χ1) is 13.0. The Bertz CT molecular complexity index is 861. The van der Waals surface area contributed by atoms with Gasteiger partial charge in [0.1, 0.15) is 11.8 Å². The number of rotatable bonds is 8. The van der Waals surface area contributed by atoms with Crippen molar-refractivity contribution in [3.63, 3.8) is 0 Å². The number of nitriles is 1. The molecule has 2 aromatic rings. The average molecular weight is 387 g/mol. The summed E-state index contributed by atoms with van der Waals surface area (Å²) in [6, 6.07) is 13.9. The van der Waals surface area contributed by atoms with Gasteiger partial charge in [0, 0.05) is 12.1 Å². The highest BCUT2D eigenvalue weighted by Crippen LogP contribution is 2.21. The summed E-state index contributed by atoms with van der Waals surface area (Å²) in [5.74, 6) is -0.226. The number of benzene rings is 2. The first-order valence-corrected chi connectivity index (χ1v) is 8.77. The fourth-order valence-corrected chi connectivity index (χ4v) is 2.57. The molecule has 0 aliphatic heterocycles. The zero-order valence-corrected chi connectivity index (χ0v) is 15.6. The van der Waals surface area contributed by atoms with Crippen molar-refractivity contribution in [3.8, 4) is 11.8 Å². The number of carbonyl (C=O) groups is 2. The summed E-state index contributed by atoms with van der Waals surface area (Å²) in [6.45, 7) is 2.04. The highest BCUT2D eigenvalue weighted by Gasteiger charge is 2.11. The molecule has 0 fully saturated rings. The number of nitrogens with zero attached hydrogens (tertiary/aromatic N) is 1. The van der Waals surface area contributed by atoms with E-state index in [0.717, 1.165) is 11.3 Å². The van der Waals surface area contributed by atoms with Crippen LogP contribution in [0.2, 0.25) is 5.02 Å². The molecule has 0 aliphatic carbocycles. The molecule has 0 spiro atoms. The maximum Gasteiger partial charge on any atom is 0.306 e. The Morgan fingerprint density at radius 3 is 2.70 bits per heavy atom. The van der Waals surface area contributed by atoms with Crippen molar-refractivity contribution in [2.45, 2.75) is 19.8 Å². The number of nitrogens with one attached hydrogen (secondary N) is 1. The third kappa shape index (κ3) is 6.32. The smallest absolute Gasteiger partial charge is 0.306 e. The molecule has 2 aromatic carbocycles. The van der Waals surface area contributed by atoms with Gasteiger partial charge >= 0.3 is 5.97 Å². The molecular formula is C20H19ClN2O4. The summed E-state index contributed by atoms with van der Waals surface area (Å²) in [7, 11) is 0. The van der Waals surface area contributed by atoms with Gasteiger partial charge in [-0.3, -0.25) is 9.59 Å². The number of esters is 1. The van der Waals surface area contributed by atoms with Gasteiger partial charge in [0.15, 0.2) is 6.61 Å². The maximum atomic E-state index is 11.9. The molecule has 0 unspecified atom stereocenters. The molecule has 0 radical (unpaired) electrons. The molecule has 0 bridgehead atoms. The third-order valence-corrected chi connectivity index (χ3v) is 3.92. The standard InChI is InChI=1S/C20H19ClN2O4/c1-2-26-18-6-4-3-5-14(18)8-10-20(25)27-13-19(24)23-16-9-7-15(12-22)17(21)11-16/h3-7,9,11H,2,8,10,13H2,1H3,(H,23,24). The van der Waals surface area contributed by atoms with E-state index in [1.807, 2.05) is 37.3 Å². The molecule has 0 aliphatic rings. The van der Waals surface area contributed by atoms with E-state index < -0.39 is 18.5 Å². The van der Waals surface area contributed by atoms with Gasteiger partial charge in [-0.15, -0.1) is 0 Å². The molecule has 140 valence electrons. The lowest BCUT2D eigenvalue weighted by Crippen LogP contribution is -2.21. The lowest BCUT2D eigenvalue weighted by Gasteiger charge is -2.10. The van der Waals surface area contributed by atoms with Crippen LogP contribution >= 0.6 is 11.6 Å². The Kier molecular flexibility index (Phi) is 7.65. The number of halogens is 1. The molecule has 27 heavy (non-hydrogen) atoms. The minimum absolute atomic E-state index is 0.139. The Balaban J connectivity index is 1.79. The van der Waals surface area contributed by atoms with E-state index in [1.165, 1.54) is 12.1 Å². The van der Waals surface area contributed by atoms with Gasteiger partial charge in [-0.2, -0.15) is 5.26 Å². The second kappa shape index (κ2) is 10.2. The molecule has 0 atom stereocenters. The Labute approximate surface area is 162 Å². The van der Waals surface area contributed by atoms with Gasteiger partial charge in [0.2, 0.25) is 0 Å². The summed E-state index contributed by atoms with van der Waals surface area (Å²) in [6.07, 6.45) is 0.599. The minimum atomic E-state index is -0.487. The van der Waals surface area contributed by atoms with Crippen LogP contribution in [-0.4, -0.2) is 25.1 Å². The number of aryl methyl sites for hydroxylation is 1. The molecule has 2 rings (SSSR count). The summed E-state index contributed by atoms with van der Waals surface area (Å²) in [5.41, 5.74) is 1.65. The number of anilines is 1. The van der Waals surface area contributed by atoms with Gasteiger partial charge in [-0.25, -0.2) is 0 Å². The predicted octanol–water partition coefficient (Wildman–Crippen LogP) is 3.72. The van der Waals surface area contributed by atoms with Crippen LogP contribution < -0.4 is 10.1 Å². The van der Waals surface area contributed by atoms with Crippen LogP contribution in [-0.2, 0) is 20.7 Å². The van der Waals surface area contributed by atoms with Gasteiger partial charge in [0.05, 0.1) is 17.2 Å². The van der Waals surface area contributed by atoms with E-state index in [9.17, 15) is 9.59 Å². The van der Waals surface area contributed by atoms with E-state index in [1.54, 1.807) is 6.07 Å². The first-order valence-electron chi connectivity index (χ1n) is 8.39. The van der Waals surface area contributed by atoms with Crippen molar-refractivity contribution in [2.24, 2.45) is 0 Å². The van der Waals surface area contributed by atoms with E-state index >= 15 is 0 Å². The summed E-state index contributed by atoms with van der Waals surface area (Å²) in [5, 5.41) is 11.6. The van der Waals surface area contributed by atoms with Gasteiger partial charge in [0.25, 0.3) is 5.91 Å². The minimum Gasteiger partial charge on any atom is -0.494 e. The molecule has 0 aromatic heterocycles. The lowest BCUT2D eigenvalue weighted by molar-refractivity contribution is -0.147. The zero-order chi connectivity index (χ0) is 19.6. The normalized spacial score (nSPS) is 9.96. The predicted molar refractivity (Wildman–Crippen MR) is 102 cm³/mol. The molecule has 1 amide bonds. The van der Waals surface area contributed by atoms with E-state index in [4.69, 9.17) is 26.3 Å². The molecule has 1 N–H and O–H groups in total. The number of para-hydroxylation sites is 1. The van der Waals surface area contributed by atoms with Crippen molar-refractivity contribution in [1.82, 2.24) is 0 Å². The fourth-order valence-electron chi connectivity index (χ4n) is 2.34. The van der Waals surface area contributed by atoms with Crippen LogP contribution in [0, 0.1) is 11.3 Å². The molecule has 6 nitrogen and oxygen atoms in total. The molecule has 0 saturated heterocycles. The molecule has 0 heterocycles. The molecule has 7 heteroatoms. The van der Waals surface area contributed by atoms with Crippen LogP contribution in [0.4, 0.5) is 5.69 Å². The number of ether oxygens (including phenoxy) is 2. The number of amides is 1. The summed E-state index contributed by atoms with van der Waals surface area (Å²) >= 11 is 5.91. The summed E-state index contributed by atoms with van der Waals surface area (Å²) < 4.78 is 10.5. The third-order valence-electron chi connectivity index (χ3n) is 3.61. The molecular weight excluding hydrogens is 368 g/mol. The largest absolute Gasteiger partial charge is 0.494 e. The number of hydrogen-bond donors (Lipinski definition) is 1. The van der Waals surface area contributed by atoms with Gasteiger partial charge in [-0.1, -0.05) is 29.8 Å². The van der Waals surface area contributed by atoms with Crippen molar-refractivity contribution < 1.29 is 19.1 Å². The van der Waals surface area contributed by atoms with E-state index in [0.29, 0.717) is 24.3 Å². The topological polar surface area (TPSA) is 88.4 Å². The van der Waals surface area contributed by atoms with Crippen molar-refractivity contribution in [2.75, 3.05) is 18.5 Å². The number of carbonyl (C=O) groups excluding carboxylic acids is 2. The zero-order valence-electron chi connectivity index (χ0n) is 14.8. The van der Waals surface area contributed by atoms with Crippen molar-refractivity contribution in [3.05, 3.63) is 58.6 Å². The van der Waals surface area contributed by atoms with E-state index in [2.05, 4.69) is 5.32 Å². The van der Waals surface area contributed by atoms with Crippen molar-refractivity contribution >= 4 is 29.2 Å². The second-order valence-electron chi connectivity index (χ2n) is 5.56. The van der Waals surface area contributed by atoms with E-state index in [-0.39, 0.29) is 11.4 Å². The average Bonchev–Trinajstić information content (AvgIpc) is 2.66. The monoisotopic (exact) mass is 386 g/mol. The van der Waals surface area contributed by atoms with Crippen LogP contribution in [0.1, 0.15) is 24.5 Å². The Hall–Kier alpha value is -3.04. The fraction of sp³-hybridized carbons (Fsp3) is 0.250. The highest BCUT2D eigenvalue weighted by atomic mass is 35.5. The maximum absolute atomic E-state index is 11.9. The Morgan fingerprint density at radius 1 is 1.22 bits per heavy atom. The van der Waals surface area contributed by atoms with Gasteiger partial charge in [-0.05, 0) is 43.2 Å². The number of hydrogen-bond acceptors (Lipinski definition) is 5. The van der Waals surface area contributed by atoms with Crippen molar-refractivity contribution in [1.29, 1.82) is 5.26 Å². The van der Waals surface area contributed by atoms with Crippen LogP contribution in [0.15, 0.2) is 42.5 Å². The van der Waals surface area contributed by atoms with Crippen LogP contribution in [0.3, 0.4) is 0 Å². The SMILES string of the molecule is CCOc1ccccc1CCC(=O)OCC(=O)Nc1ccc(C#N)c(Cl)c1. The lowest BCUT2D eigenvalue weighted by atomic mass is 10.1. The second-order valence-corrected chi connectivity index (χ2v) is 5.96. The first kappa shape index (κ1) is 20.3.